The summed E-state index contributed by atoms with van der Waals surface area (Å²) in [4.78, 5) is 40.2. The van der Waals surface area contributed by atoms with Crippen LogP contribution in [0.3, 0.4) is 0 Å². The van der Waals surface area contributed by atoms with Gasteiger partial charge in [0.25, 0.3) is 0 Å². The monoisotopic (exact) mass is 844 g/mol. The molecule has 4 saturated heterocycles. The van der Waals surface area contributed by atoms with Crippen molar-refractivity contribution in [2.75, 3.05) is 39.3 Å². The Balaban J connectivity index is 0.000000216. The van der Waals surface area contributed by atoms with Crippen molar-refractivity contribution < 1.29 is 60.4 Å². The average molecular weight is 845 g/mol. The highest BCUT2D eigenvalue weighted by Crippen LogP contribution is 2.41. The van der Waals surface area contributed by atoms with Gasteiger partial charge in [-0.15, -0.1) is 0 Å². The van der Waals surface area contributed by atoms with Gasteiger partial charge in [0.1, 0.15) is 22.7 Å². The summed E-state index contributed by atoms with van der Waals surface area (Å²) in [6.45, 7) is 16.4. The maximum Gasteiger partial charge on any atom is 0.416 e. The van der Waals surface area contributed by atoms with Crippen LogP contribution in [0, 0.1) is 0 Å². The number of phenols is 2. The first-order valence-electron chi connectivity index (χ1n) is 20.0. The summed E-state index contributed by atoms with van der Waals surface area (Å²) in [6, 6.07) is 5.35. The number of rotatable bonds is 3. The number of hydrogen-bond donors (Lipinski definition) is 3. The summed E-state index contributed by atoms with van der Waals surface area (Å²) in [5, 5.41) is 22.7. The lowest BCUT2D eigenvalue weighted by Crippen LogP contribution is -2.53. The van der Waals surface area contributed by atoms with Gasteiger partial charge in [0.2, 0.25) is 0 Å². The Kier molecular flexibility index (Phi) is 14.9. The van der Waals surface area contributed by atoms with Gasteiger partial charge in [-0.3, -0.25) is 9.69 Å². The molecule has 0 aliphatic carbocycles. The number of nitrogens with zero attached hydrogens (tertiary/aromatic N) is 3. The number of carbonyl (C=O) groups excluding carboxylic acids is 3. The molecule has 2 amide bonds. The predicted molar refractivity (Wildman–Crippen MR) is 208 cm³/mol. The molecule has 0 unspecified atom stereocenters. The van der Waals surface area contributed by atoms with E-state index in [1.165, 1.54) is 18.9 Å². The van der Waals surface area contributed by atoms with E-state index in [2.05, 4.69) is 10.2 Å². The highest BCUT2D eigenvalue weighted by atomic mass is 19.4. The second kappa shape index (κ2) is 18.6. The number of likely N-dealkylation sites (tertiary alicyclic amines) is 3. The van der Waals surface area contributed by atoms with E-state index in [4.69, 9.17) is 14.6 Å². The number of carbonyl (C=O) groups is 3. The van der Waals surface area contributed by atoms with Gasteiger partial charge in [-0.2, -0.15) is 26.3 Å². The van der Waals surface area contributed by atoms with Crippen molar-refractivity contribution in [2.24, 2.45) is 0 Å². The predicted octanol–water partition coefficient (Wildman–Crippen LogP) is 9.14. The van der Waals surface area contributed by atoms with Crippen molar-refractivity contribution in [3.05, 3.63) is 58.7 Å². The molecule has 0 bridgehead atoms. The number of hydrogen-bond acceptors (Lipinski definition) is 9. The van der Waals surface area contributed by atoms with E-state index < -0.39 is 40.4 Å². The van der Waals surface area contributed by atoms with Crippen molar-refractivity contribution >= 4 is 18.5 Å². The van der Waals surface area contributed by atoms with Crippen LogP contribution < -0.4 is 5.32 Å². The molecule has 0 saturated carbocycles. The molecule has 0 atom stereocenters. The minimum absolute atomic E-state index is 0.0896. The van der Waals surface area contributed by atoms with Crippen LogP contribution in [0.5, 0.6) is 11.5 Å². The van der Waals surface area contributed by atoms with Gasteiger partial charge in [0.15, 0.2) is 6.29 Å². The molecule has 59 heavy (non-hydrogen) atoms. The second-order valence-electron chi connectivity index (χ2n) is 17.7. The molecule has 0 radical (unpaired) electrons. The summed E-state index contributed by atoms with van der Waals surface area (Å²) >= 11 is 0. The number of halogens is 6. The second-order valence-corrected chi connectivity index (χ2v) is 17.7. The third-order valence-electron chi connectivity index (χ3n) is 11.0. The van der Waals surface area contributed by atoms with Gasteiger partial charge in [0.05, 0.1) is 16.7 Å². The third-order valence-corrected chi connectivity index (χ3v) is 11.0. The summed E-state index contributed by atoms with van der Waals surface area (Å²) in [7, 11) is 0. The molecule has 6 rings (SSSR count). The third kappa shape index (κ3) is 13.4. The number of amides is 2. The number of aldehydes is 1. The van der Waals surface area contributed by atoms with E-state index in [0.717, 1.165) is 89.0 Å². The molecule has 11 nitrogen and oxygen atoms in total. The number of nitrogens with one attached hydrogen (secondary N) is 1. The fourth-order valence-corrected chi connectivity index (χ4v) is 7.88. The zero-order valence-corrected chi connectivity index (χ0v) is 34.7. The van der Waals surface area contributed by atoms with E-state index in [-0.39, 0.29) is 35.3 Å². The number of phenolic OH excluding ortho intramolecular Hbond substituents is 2. The van der Waals surface area contributed by atoms with E-state index >= 15 is 0 Å². The maximum atomic E-state index is 12.8. The Morgan fingerprint density at radius 3 is 1.61 bits per heavy atom. The highest BCUT2D eigenvalue weighted by Gasteiger charge is 2.45. The molecular formula is C42H58F6N4O7. The van der Waals surface area contributed by atoms with Gasteiger partial charge in [-0.1, -0.05) is 6.07 Å². The first-order chi connectivity index (χ1) is 27.2. The Morgan fingerprint density at radius 2 is 1.19 bits per heavy atom. The summed E-state index contributed by atoms with van der Waals surface area (Å²) in [5.74, 6) is -0.988. The molecule has 330 valence electrons. The van der Waals surface area contributed by atoms with E-state index in [0.29, 0.717) is 36.8 Å². The molecule has 3 N–H and O–H groups in total. The lowest BCUT2D eigenvalue weighted by Gasteiger charge is -2.45. The van der Waals surface area contributed by atoms with E-state index in [9.17, 15) is 45.8 Å². The molecule has 2 aromatic rings. The van der Waals surface area contributed by atoms with Crippen LogP contribution in [-0.4, -0.2) is 105 Å². The van der Waals surface area contributed by atoms with Crippen LogP contribution in [0.1, 0.15) is 120 Å². The number of benzene rings is 2. The number of piperidine rings is 2. The molecule has 2 spiro atoms. The highest BCUT2D eigenvalue weighted by molar-refractivity contribution is 5.79. The molecule has 4 aliphatic heterocycles. The minimum Gasteiger partial charge on any atom is -0.508 e. The van der Waals surface area contributed by atoms with Crippen molar-refractivity contribution in [3.63, 3.8) is 0 Å². The van der Waals surface area contributed by atoms with Crippen molar-refractivity contribution in [2.45, 2.75) is 134 Å². The fourth-order valence-electron chi connectivity index (χ4n) is 7.88. The van der Waals surface area contributed by atoms with Gasteiger partial charge >= 0.3 is 24.5 Å². The van der Waals surface area contributed by atoms with Gasteiger partial charge in [0, 0.05) is 49.4 Å². The Labute approximate surface area is 342 Å². The van der Waals surface area contributed by atoms with Crippen LogP contribution >= 0.6 is 0 Å². The number of ether oxygens (including phenoxy) is 2. The van der Waals surface area contributed by atoms with Crippen molar-refractivity contribution in [1.29, 1.82) is 0 Å². The average Bonchev–Trinajstić information content (AvgIpc) is 3.74. The number of aromatic hydroxyl groups is 2. The summed E-state index contributed by atoms with van der Waals surface area (Å²) in [5.41, 5.74) is -2.19. The largest absolute Gasteiger partial charge is 0.508 e. The van der Waals surface area contributed by atoms with Crippen LogP contribution in [0.25, 0.3) is 0 Å². The lowest BCUT2D eigenvalue weighted by atomic mass is 9.85. The molecule has 2 aromatic carbocycles. The zero-order chi connectivity index (χ0) is 44.0. The van der Waals surface area contributed by atoms with Gasteiger partial charge in [-0.25, -0.2) is 9.59 Å². The maximum absolute atomic E-state index is 12.8. The number of alkyl halides is 6. The minimum atomic E-state index is -4.50. The molecule has 4 aliphatic rings. The van der Waals surface area contributed by atoms with Crippen molar-refractivity contribution in [3.8, 4) is 11.5 Å². The first-order valence-corrected chi connectivity index (χ1v) is 20.0. The van der Waals surface area contributed by atoms with Crippen LogP contribution in [-0.2, 0) is 28.4 Å². The van der Waals surface area contributed by atoms with Crippen LogP contribution in [0.4, 0.5) is 35.9 Å². The lowest BCUT2D eigenvalue weighted by molar-refractivity contribution is -0.138. The SMILES string of the molecule is CC(C)(C)OC(=O)N1CCC2(CCCN2)CC1.CC(C)(C)OC(=O)N1CCC2(CCCN2Cc2ccc(C(F)(F)F)cc2O)CC1.O=Cc1ccc(C(F)(F)F)cc1O. The van der Waals surface area contributed by atoms with Crippen LogP contribution in [0.2, 0.25) is 0 Å². The van der Waals surface area contributed by atoms with Crippen molar-refractivity contribution in [1.82, 2.24) is 20.0 Å². The topological polar surface area (TPSA) is 132 Å². The normalized spacial score (nSPS) is 19.4. The van der Waals surface area contributed by atoms with E-state index in [1.807, 2.05) is 46.4 Å². The molecule has 4 heterocycles. The van der Waals surface area contributed by atoms with Gasteiger partial charge in [-0.05, 0) is 136 Å². The Bertz CT molecular complexity index is 1750. The molecule has 0 aromatic heterocycles. The molecule has 17 heteroatoms. The summed E-state index contributed by atoms with van der Waals surface area (Å²) in [6.07, 6.45) is -0.956. The van der Waals surface area contributed by atoms with Crippen LogP contribution in [0.15, 0.2) is 36.4 Å². The molecular weight excluding hydrogens is 786 g/mol. The first kappa shape index (κ1) is 47.4. The summed E-state index contributed by atoms with van der Waals surface area (Å²) < 4.78 is 85.4. The fraction of sp³-hybridized carbons (Fsp3) is 0.643. The smallest absolute Gasteiger partial charge is 0.416 e. The van der Waals surface area contributed by atoms with E-state index in [1.54, 1.807) is 4.90 Å². The Hall–Kier alpha value is -4.25. The molecule has 4 fully saturated rings. The zero-order valence-electron chi connectivity index (χ0n) is 34.7. The Morgan fingerprint density at radius 1 is 0.695 bits per heavy atom. The van der Waals surface area contributed by atoms with Gasteiger partial charge < -0.3 is 34.8 Å². The quantitative estimate of drug-likeness (QED) is 0.205. The standard InChI is InChI=1S/C21H29F3N2O3.C13H24N2O2.C8H5F3O2/c1-19(2,3)29-18(28)25-11-8-20(9-12-25)7-4-10-26(20)14-15-5-6-16(13-17(15)27)21(22,23)24;1-12(2,3)17-11(16)15-9-6-13(7-10-15)5-4-8-14-13;9-8(10,11)6-2-1-5(4-12)7(13)3-6/h5-6,13,27H,4,7-12,14H2,1-3H3;14H,4-10H2,1-3H3;1-4,13H.